The topological polar surface area (TPSA) is 75.6 Å². The fourth-order valence-electron chi connectivity index (χ4n) is 0.338. The molecule has 0 aliphatic carbocycles. The van der Waals surface area contributed by atoms with E-state index in [0.717, 1.165) is 0 Å². The van der Waals surface area contributed by atoms with Crippen LogP contribution in [0.25, 0.3) is 0 Å². The van der Waals surface area contributed by atoms with Crippen molar-refractivity contribution in [2.45, 2.75) is 12.4 Å². The molecule has 0 aromatic heterocycles. The zero-order valence-electron chi connectivity index (χ0n) is 5.83. The molecule has 0 spiro atoms. The molecule has 2 N–H and O–H groups in total. The molecule has 5 nitrogen and oxygen atoms in total. The minimum Gasteiger partial charge on any atom is -0.479 e. The van der Waals surface area contributed by atoms with Gasteiger partial charge in [-0.05, 0) is 6.92 Å². The van der Waals surface area contributed by atoms with E-state index in [1.807, 2.05) is 5.32 Å². The fourth-order valence-corrected chi connectivity index (χ4v) is 0.427. The second-order valence-corrected chi connectivity index (χ2v) is 2.00. The minimum atomic E-state index is -1.44. The van der Waals surface area contributed by atoms with E-state index in [0.29, 0.717) is 0 Å². The first-order chi connectivity index (χ1) is 5.07. The number of halogens is 1. The van der Waals surface area contributed by atoms with Crippen LogP contribution in [0.1, 0.15) is 6.92 Å². The molecule has 1 amide bonds. The van der Waals surface area contributed by atoms with Crippen LogP contribution in [0.2, 0.25) is 0 Å². The third kappa shape index (κ3) is 4.44. The lowest BCUT2D eigenvalue weighted by atomic mass is 10.6. The highest BCUT2D eigenvalue weighted by molar-refractivity contribution is 6.30. The molecular weight excluding hydrogens is 174 g/mol. The Morgan fingerprint density at radius 3 is 2.64 bits per heavy atom. The predicted molar refractivity (Wildman–Crippen MR) is 37.4 cm³/mol. The first kappa shape index (κ1) is 10.0. The van der Waals surface area contributed by atoms with Crippen LogP contribution in [-0.4, -0.2) is 29.3 Å². The maximum atomic E-state index is 10.5. The molecule has 1 unspecified atom stereocenters. The van der Waals surface area contributed by atoms with Gasteiger partial charge in [0.2, 0.25) is 5.50 Å². The van der Waals surface area contributed by atoms with Crippen molar-refractivity contribution in [3.63, 3.8) is 0 Å². The Morgan fingerprint density at radius 2 is 2.27 bits per heavy atom. The average Bonchev–Trinajstić information content (AvgIpc) is 1.87. The quantitative estimate of drug-likeness (QED) is 0.488. The molecule has 64 valence electrons. The van der Waals surface area contributed by atoms with Crippen LogP contribution in [0.4, 0.5) is 4.79 Å². The molecule has 0 rings (SSSR count). The number of carbonyl (C=O) groups is 2. The normalized spacial score (nSPS) is 11.8. The molecule has 0 heterocycles. The Labute approximate surface area is 68.3 Å². The molecule has 1 atom stereocenters. The summed E-state index contributed by atoms with van der Waals surface area (Å²) in [5.41, 5.74) is -1.44. The van der Waals surface area contributed by atoms with Crippen LogP contribution in [0.3, 0.4) is 0 Å². The van der Waals surface area contributed by atoms with Gasteiger partial charge in [-0.1, -0.05) is 11.6 Å². The zero-order chi connectivity index (χ0) is 8.85. The molecule has 11 heavy (non-hydrogen) atoms. The number of hydrogen-bond donors (Lipinski definition) is 2. The van der Waals surface area contributed by atoms with Crippen molar-refractivity contribution >= 4 is 23.7 Å². The van der Waals surface area contributed by atoms with Gasteiger partial charge in [-0.2, -0.15) is 0 Å². The maximum Gasteiger partial charge on any atom is 0.408 e. The van der Waals surface area contributed by atoms with Gasteiger partial charge >= 0.3 is 12.1 Å². The van der Waals surface area contributed by atoms with Crippen molar-refractivity contribution in [2.24, 2.45) is 0 Å². The number of alkyl halides is 1. The van der Waals surface area contributed by atoms with Crippen molar-refractivity contribution in [3.05, 3.63) is 0 Å². The molecule has 6 heteroatoms. The van der Waals surface area contributed by atoms with Gasteiger partial charge in [0, 0.05) is 0 Å². The Kier molecular flexibility index (Phi) is 4.36. The minimum absolute atomic E-state index is 0.176. The van der Waals surface area contributed by atoms with Gasteiger partial charge in [0.15, 0.2) is 0 Å². The van der Waals surface area contributed by atoms with Gasteiger partial charge in [0.1, 0.15) is 0 Å². The highest BCUT2D eigenvalue weighted by Gasteiger charge is 2.16. The van der Waals surface area contributed by atoms with Crippen molar-refractivity contribution in [1.29, 1.82) is 0 Å². The SMILES string of the molecule is CCOC(=O)NC(Cl)C(=O)O. The summed E-state index contributed by atoms with van der Waals surface area (Å²) >= 11 is 5.13. The van der Waals surface area contributed by atoms with Crippen LogP contribution in [-0.2, 0) is 9.53 Å². The third-order valence-electron chi connectivity index (χ3n) is 0.737. The average molecular weight is 182 g/mol. The number of alkyl carbamates (subject to hydrolysis) is 1. The van der Waals surface area contributed by atoms with Crippen LogP contribution >= 0.6 is 11.6 Å². The lowest BCUT2D eigenvalue weighted by Crippen LogP contribution is -2.36. The lowest BCUT2D eigenvalue weighted by molar-refractivity contribution is -0.137. The van der Waals surface area contributed by atoms with Crippen molar-refractivity contribution < 1.29 is 19.4 Å². The number of ether oxygens (including phenoxy) is 1. The Bertz CT molecular complexity index is 161. The second-order valence-electron chi connectivity index (χ2n) is 1.57. The van der Waals surface area contributed by atoms with Gasteiger partial charge in [0.25, 0.3) is 0 Å². The second kappa shape index (κ2) is 4.79. The number of carboxylic acids is 1. The molecular formula is C5H8ClNO4. The largest absolute Gasteiger partial charge is 0.479 e. The molecule has 0 aliphatic heterocycles. The summed E-state index contributed by atoms with van der Waals surface area (Å²) in [6.07, 6.45) is -0.838. The Morgan fingerprint density at radius 1 is 1.73 bits per heavy atom. The first-order valence-corrected chi connectivity index (χ1v) is 3.31. The number of nitrogens with one attached hydrogen (secondary N) is 1. The van der Waals surface area contributed by atoms with Crippen LogP contribution in [0, 0.1) is 0 Å². The van der Waals surface area contributed by atoms with E-state index in [9.17, 15) is 9.59 Å². The standard InChI is InChI=1S/C5H8ClNO4/c1-2-11-5(10)7-3(6)4(8)9/h3H,2H2,1H3,(H,7,10)(H,8,9). The summed E-state index contributed by atoms with van der Waals surface area (Å²) in [7, 11) is 0. The molecule has 0 saturated carbocycles. The summed E-state index contributed by atoms with van der Waals surface area (Å²) in [5, 5.41) is 10.1. The Hall–Kier alpha value is -0.970. The summed E-state index contributed by atoms with van der Waals surface area (Å²) in [6.45, 7) is 1.78. The van der Waals surface area contributed by atoms with Crippen LogP contribution in [0.15, 0.2) is 0 Å². The van der Waals surface area contributed by atoms with Gasteiger partial charge in [0.05, 0.1) is 6.61 Å². The molecule has 0 aromatic carbocycles. The molecule has 0 aliphatic rings. The van der Waals surface area contributed by atoms with E-state index < -0.39 is 17.6 Å². The smallest absolute Gasteiger partial charge is 0.408 e. The van der Waals surface area contributed by atoms with E-state index >= 15 is 0 Å². The van der Waals surface area contributed by atoms with Gasteiger partial charge in [-0.15, -0.1) is 0 Å². The van der Waals surface area contributed by atoms with E-state index in [4.69, 9.17) is 16.7 Å². The number of carbonyl (C=O) groups excluding carboxylic acids is 1. The number of aliphatic carboxylic acids is 1. The zero-order valence-corrected chi connectivity index (χ0v) is 6.59. The number of rotatable bonds is 3. The summed E-state index contributed by atoms with van der Waals surface area (Å²) in [5.74, 6) is -1.32. The number of hydrogen-bond acceptors (Lipinski definition) is 3. The molecule has 0 bridgehead atoms. The van der Waals surface area contributed by atoms with Crippen molar-refractivity contribution in [3.8, 4) is 0 Å². The third-order valence-corrected chi connectivity index (χ3v) is 1.03. The fraction of sp³-hybridized carbons (Fsp3) is 0.600. The first-order valence-electron chi connectivity index (χ1n) is 2.88. The van der Waals surface area contributed by atoms with Crippen molar-refractivity contribution in [1.82, 2.24) is 5.32 Å². The van der Waals surface area contributed by atoms with E-state index in [1.165, 1.54) is 0 Å². The number of amides is 1. The molecule has 0 saturated heterocycles. The lowest BCUT2D eigenvalue weighted by Gasteiger charge is -2.06. The van der Waals surface area contributed by atoms with E-state index in [1.54, 1.807) is 6.92 Å². The van der Waals surface area contributed by atoms with Gasteiger partial charge < -0.3 is 9.84 Å². The molecule has 0 radical (unpaired) electrons. The Balaban J connectivity index is 3.66. The van der Waals surface area contributed by atoms with Crippen LogP contribution < -0.4 is 5.32 Å². The predicted octanol–water partition coefficient (Wildman–Crippen LogP) is 0.382. The van der Waals surface area contributed by atoms with Gasteiger partial charge in [-0.3, -0.25) is 5.32 Å². The number of carboxylic acid groups (broad SMARTS) is 1. The van der Waals surface area contributed by atoms with Crippen molar-refractivity contribution in [2.75, 3.05) is 6.61 Å². The summed E-state index contributed by atoms with van der Waals surface area (Å²) < 4.78 is 4.36. The highest BCUT2D eigenvalue weighted by atomic mass is 35.5. The van der Waals surface area contributed by atoms with Crippen LogP contribution in [0.5, 0.6) is 0 Å². The van der Waals surface area contributed by atoms with E-state index in [2.05, 4.69) is 4.74 Å². The van der Waals surface area contributed by atoms with Gasteiger partial charge in [-0.25, -0.2) is 9.59 Å². The molecule has 0 aromatic rings. The molecule has 0 fully saturated rings. The monoisotopic (exact) mass is 181 g/mol. The van der Waals surface area contributed by atoms with E-state index in [-0.39, 0.29) is 6.61 Å². The summed E-state index contributed by atoms with van der Waals surface area (Å²) in [6, 6.07) is 0. The maximum absolute atomic E-state index is 10.5. The summed E-state index contributed by atoms with van der Waals surface area (Å²) in [4.78, 5) is 20.5. The highest BCUT2D eigenvalue weighted by Crippen LogP contribution is 1.90.